The predicted molar refractivity (Wildman–Crippen MR) is 68.7 cm³/mol. The minimum Gasteiger partial charge on any atom is -0.467 e. The SMILES string of the molecule is COC(=O)C(CO)NC(=O)c1ccc(SC(F)(F)F)cc1. The number of halogens is 3. The van der Waals surface area contributed by atoms with Crippen molar-refractivity contribution >= 4 is 23.6 Å². The molecule has 0 bridgehead atoms. The summed E-state index contributed by atoms with van der Waals surface area (Å²) in [6.45, 7) is -0.652. The van der Waals surface area contributed by atoms with Gasteiger partial charge >= 0.3 is 11.5 Å². The number of aliphatic hydroxyl groups excluding tert-OH is 1. The minimum atomic E-state index is -4.41. The number of esters is 1. The van der Waals surface area contributed by atoms with Crippen LogP contribution < -0.4 is 5.32 Å². The summed E-state index contributed by atoms with van der Waals surface area (Å²) in [6.07, 6.45) is 0. The van der Waals surface area contributed by atoms with Crippen molar-refractivity contribution < 1.29 is 32.6 Å². The second-order valence-corrected chi connectivity index (χ2v) is 4.94. The van der Waals surface area contributed by atoms with E-state index in [4.69, 9.17) is 5.11 Å². The zero-order chi connectivity index (χ0) is 16.0. The Hall–Kier alpha value is -1.74. The molecule has 0 radical (unpaired) electrons. The van der Waals surface area contributed by atoms with Crippen molar-refractivity contribution in [3.8, 4) is 0 Å². The molecule has 5 nitrogen and oxygen atoms in total. The van der Waals surface area contributed by atoms with Gasteiger partial charge in [0.1, 0.15) is 0 Å². The van der Waals surface area contributed by atoms with Crippen LogP contribution in [0.5, 0.6) is 0 Å². The van der Waals surface area contributed by atoms with Gasteiger partial charge in [-0.05, 0) is 36.0 Å². The highest BCUT2D eigenvalue weighted by molar-refractivity contribution is 8.00. The molecule has 2 N–H and O–H groups in total. The number of carbonyl (C=O) groups excluding carboxylic acids is 2. The third kappa shape index (κ3) is 5.64. The minimum absolute atomic E-state index is 0.0591. The van der Waals surface area contributed by atoms with Crippen LogP contribution in [0.4, 0.5) is 13.2 Å². The lowest BCUT2D eigenvalue weighted by atomic mass is 10.2. The third-order valence-corrected chi connectivity index (χ3v) is 3.06. The summed E-state index contributed by atoms with van der Waals surface area (Å²) < 4.78 is 40.8. The molecule has 0 aliphatic heterocycles. The molecule has 0 heterocycles. The molecule has 1 unspecified atom stereocenters. The van der Waals surface area contributed by atoms with Crippen LogP contribution in [0.3, 0.4) is 0 Å². The summed E-state index contributed by atoms with van der Waals surface area (Å²) in [6, 6.07) is 3.43. The third-order valence-electron chi connectivity index (χ3n) is 2.32. The van der Waals surface area contributed by atoms with Crippen LogP contribution in [-0.4, -0.2) is 42.2 Å². The molecule has 1 aromatic carbocycles. The van der Waals surface area contributed by atoms with Crippen LogP contribution in [-0.2, 0) is 9.53 Å². The maximum absolute atomic E-state index is 12.2. The molecular formula is C12H12F3NO4S. The molecule has 0 fully saturated rings. The first-order valence-corrected chi connectivity index (χ1v) is 6.44. The fourth-order valence-corrected chi connectivity index (χ4v) is 1.91. The van der Waals surface area contributed by atoms with E-state index < -0.39 is 30.0 Å². The van der Waals surface area contributed by atoms with Crippen LogP contribution in [0.1, 0.15) is 10.4 Å². The van der Waals surface area contributed by atoms with Gasteiger partial charge in [0.2, 0.25) is 0 Å². The molecule has 0 saturated carbocycles. The standard InChI is InChI=1S/C12H12F3NO4S/c1-20-11(19)9(6-17)16-10(18)7-2-4-8(5-3-7)21-12(13,14)15/h2-5,9,17H,6H2,1H3,(H,16,18). The lowest BCUT2D eigenvalue weighted by molar-refractivity contribution is -0.143. The largest absolute Gasteiger partial charge is 0.467 e. The van der Waals surface area contributed by atoms with Crippen LogP contribution in [0.2, 0.25) is 0 Å². The summed E-state index contributed by atoms with van der Waals surface area (Å²) >= 11 is -0.298. The normalized spacial score (nSPS) is 12.6. The molecular weight excluding hydrogens is 311 g/mol. The Morgan fingerprint density at radius 2 is 1.90 bits per heavy atom. The van der Waals surface area contributed by atoms with Gasteiger partial charge in [0, 0.05) is 10.5 Å². The summed E-state index contributed by atoms with van der Waals surface area (Å²) in [4.78, 5) is 22.9. The van der Waals surface area contributed by atoms with E-state index in [1.165, 1.54) is 12.1 Å². The van der Waals surface area contributed by atoms with E-state index in [0.717, 1.165) is 19.2 Å². The fraction of sp³-hybridized carbons (Fsp3) is 0.333. The van der Waals surface area contributed by atoms with Crippen LogP contribution in [0, 0.1) is 0 Å². The Balaban J connectivity index is 2.73. The van der Waals surface area contributed by atoms with Crippen molar-refractivity contribution in [2.24, 2.45) is 0 Å². The molecule has 0 aliphatic rings. The van der Waals surface area contributed by atoms with E-state index in [1.54, 1.807) is 0 Å². The first kappa shape index (κ1) is 17.3. The average Bonchev–Trinajstić information content (AvgIpc) is 2.42. The van der Waals surface area contributed by atoms with Crippen LogP contribution in [0.15, 0.2) is 29.2 Å². The van der Waals surface area contributed by atoms with Crippen molar-refractivity contribution in [3.63, 3.8) is 0 Å². The van der Waals surface area contributed by atoms with Gasteiger partial charge in [-0.25, -0.2) is 4.79 Å². The second kappa shape index (κ2) is 7.32. The van der Waals surface area contributed by atoms with Crippen LogP contribution in [0.25, 0.3) is 0 Å². The molecule has 116 valence electrons. The van der Waals surface area contributed by atoms with E-state index in [9.17, 15) is 22.8 Å². The van der Waals surface area contributed by atoms with E-state index >= 15 is 0 Å². The molecule has 1 atom stereocenters. The van der Waals surface area contributed by atoms with Crippen molar-refractivity contribution in [2.45, 2.75) is 16.4 Å². The molecule has 9 heteroatoms. The zero-order valence-electron chi connectivity index (χ0n) is 10.8. The number of ether oxygens (including phenoxy) is 1. The monoisotopic (exact) mass is 323 g/mol. The topological polar surface area (TPSA) is 75.6 Å². The molecule has 1 rings (SSSR count). The number of hydrogen-bond acceptors (Lipinski definition) is 5. The van der Waals surface area contributed by atoms with Crippen molar-refractivity contribution in [1.82, 2.24) is 5.32 Å². The summed E-state index contributed by atoms with van der Waals surface area (Å²) in [5.74, 6) is -1.53. The molecule has 21 heavy (non-hydrogen) atoms. The Morgan fingerprint density at radius 1 is 1.33 bits per heavy atom. The quantitative estimate of drug-likeness (QED) is 0.635. The molecule has 0 saturated heterocycles. The fourth-order valence-electron chi connectivity index (χ4n) is 1.37. The highest BCUT2D eigenvalue weighted by atomic mass is 32.2. The number of rotatable bonds is 5. The second-order valence-electron chi connectivity index (χ2n) is 3.80. The summed E-state index contributed by atoms with van der Waals surface area (Å²) in [7, 11) is 1.10. The van der Waals surface area contributed by atoms with Crippen LogP contribution >= 0.6 is 11.8 Å². The predicted octanol–water partition coefficient (Wildman–Crippen LogP) is 1.56. The summed E-state index contributed by atoms with van der Waals surface area (Å²) in [5.41, 5.74) is -4.35. The lowest BCUT2D eigenvalue weighted by Gasteiger charge is -2.14. The lowest BCUT2D eigenvalue weighted by Crippen LogP contribution is -2.44. The number of thioether (sulfide) groups is 1. The van der Waals surface area contributed by atoms with Crippen molar-refractivity contribution in [1.29, 1.82) is 0 Å². The maximum atomic E-state index is 12.2. The van der Waals surface area contributed by atoms with Gasteiger partial charge in [0.25, 0.3) is 5.91 Å². The Morgan fingerprint density at radius 3 is 2.33 bits per heavy atom. The number of alkyl halides is 3. The van der Waals surface area contributed by atoms with Gasteiger partial charge in [-0.15, -0.1) is 0 Å². The molecule has 0 aromatic heterocycles. The number of methoxy groups -OCH3 is 1. The number of benzene rings is 1. The Labute approximate surface area is 122 Å². The Kier molecular flexibility index (Phi) is 6.03. The molecule has 1 aromatic rings. The highest BCUT2D eigenvalue weighted by Crippen LogP contribution is 2.36. The van der Waals surface area contributed by atoms with Gasteiger partial charge in [-0.3, -0.25) is 4.79 Å². The first-order chi connectivity index (χ1) is 9.76. The molecule has 0 aliphatic carbocycles. The van der Waals surface area contributed by atoms with Gasteiger partial charge in [-0.1, -0.05) is 0 Å². The van der Waals surface area contributed by atoms with Gasteiger partial charge in [0.05, 0.1) is 13.7 Å². The number of carbonyl (C=O) groups is 2. The first-order valence-electron chi connectivity index (χ1n) is 5.62. The number of nitrogens with one attached hydrogen (secondary N) is 1. The smallest absolute Gasteiger partial charge is 0.446 e. The highest BCUT2D eigenvalue weighted by Gasteiger charge is 2.29. The van der Waals surface area contributed by atoms with Crippen molar-refractivity contribution in [2.75, 3.05) is 13.7 Å². The molecule has 0 spiro atoms. The Bertz CT molecular complexity index is 504. The maximum Gasteiger partial charge on any atom is 0.446 e. The van der Waals surface area contributed by atoms with Gasteiger partial charge < -0.3 is 15.2 Å². The van der Waals surface area contributed by atoms with E-state index in [0.29, 0.717) is 0 Å². The van der Waals surface area contributed by atoms with E-state index in [-0.39, 0.29) is 22.2 Å². The molecule has 1 amide bonds. The zero-order valence-corrected chi connectivity index (χ0v) is 11.6. The average molecular weight is 323 g/mol. The van der Waals surface area contributed by atoms with E-state index in [1.807, 2.05) is 0 Å². The number of amides is 1. The number of hydrogen-bond donors (Lipinski definition) is 2. The van der Waals surface area contributed by atoms with Gasteiger partial charge in [0.15, 0.2) is 6.04 Å². The van der Waals surface area contributed by atoms with E-state index in [2.05, 4.69) is 10.1 Å². The number of aliphatic hydroxyl groups is 1. The van der Waals surface area contributed by atoms with Gasteiger partial charge in [-0.2, -0.15) is 13.2 Å². The summed E-state index contributed by atoms with van der Waals surface area (Å²) in [5, 5.41) is 11.2. The van der Waals surface area contributed by atoms with Crippen molar-refractivity contribution in [3.05, 3.63) is 29.8 Å².